The summed E-state index contributed by atoms with van der Waals surface area (Å²) in [6.07, 6.45) is 12.9. The van der Waals surface area contributed by atoms with Crippen LogP contribution in [-0.4, -0.2) is 4.57 Å². The Hall–Kier alpha value is -4.36. The lowest BCUT2D eigenvalue weighted by Crippen LogP contribution is -2.11. The van der Waals surface area contributed by atoms with E-state index in [-0.39, 0.29) is 0 Å². The van der Waals surface area contributed by atoms with Gasteiger partial charge in [-0.15, -0.1) is 6.58 Å². The number of hydrogen-bond donors (Lipinski definition) is 0. The molecule has 1 nitrogen and oxygen atoms in total. The molecular weight excluding hydrogens is 518 g/mol. The predicted molar refractivity (Wildman–Crippen MR) is 182 cm³/mol. The molecule has 212 valence electrons. The first-order valence-electron chi connectivity index (χ1n) is 16.1. The van der Waals surface area contributed by atoms with E-state index in [4.69, 9.17) is 0 Å². The first-order valence-corrected chi connectivity index (χ1v) is 16.1. The minimum Gasteiger partial charge on any atom is -0.344 e. The molecule has 0 bridgehead atoms. The van der Waals surface area contributed by atoms with Gasteiger partial charge in [-0.1, -0.05) is 97.4 Å². The van der Waals surface area contributed by atoms with Gasteiger partial charge in [-0.05, 0) is 119 Å². The quantitative estimate of drug-likeness (QED) is 0.183. The minimum atomic E-state index is 0.672. The van der Waals surface area contributed by atoms with E-state index in [0.29, 0.717) is 5.92 Å². The third-order valence-corrected chi connectivity index (χ3v) is 10.3. The third kappa shape index (κ3) is 4.37. The summed E-state index contributed by atoms with van der Waals surface area (Å²) in [6, 6.07) is 34.4. The zero-order valence-electron chi connectivity index (χ0n) is 25.2. The van der Waals surface area contributed by atoms with Crippen LogP contribution in [0.1, 0.15) is 70.8 Å². The van der Waals surface area contributed by atoms with E-state index in [2.05, 4.69) is 121 Å². The molecule has 0 aliphatic heterocycles. The van der Waals surface area contributed by atoms with Crippen molar-refractivity contribution in [2.75, 3.05) is 0 Å². The topological polar surface area (TPSA) is 4.93 Å². The van der Waals surface area contributed by atoms with Gasteiger partial charge in [0, 0.05) is 29.1 Å². The summed E-state index contributed by atoms with van der Waals surface area (Å²) >= 11 is 0. The highest BCUT2D eigenvalue weighted by Gasteiger charge is 2.29. The highest BCUT2D eigenvalue weighted by atomic mass is 15.0. The van der Waals surface area contributed by atoms with Crippen molar-refractivity contribution < 1.29 is 0 Å². The minimum absolute atomic E-state index is 0.672. The molecule has 0 radical (unpaired) electrons. The van der Waals surface area contributed by atoms with Gasteiger partial charge in [0.15, 0.2) is 0 Å². The molecule has 5 aromatic rings. The Bertz CT molecular complexity index is 1910. The van der Waals surface area contributed by atoms with Crippen molar-refractivity contribution in [2.24, 2.45) is 0 Å². The normalized spacial score (nSPS) is 15.6. The van der Waals surface area contributed by atoms with Crippen LogP contribution in [0, 0.1) is 6.92 Å². The summed E-state index contributed by atoms with van der Waals surface area (Å²) in [5.41, 5.74) is 19.9. The predicted octanol–water partition coefficient (Wildman–Crippen LogP) is 10.8. The van der Waals surface area contributed by atoms with Gasteiger partial charge >= 0.3 is 0 Å². The van der Waals surface area contributed by atoms with Crippen molar-refractivity contribution in [1.29, 1.82) is 0 Å². The average molecular weight is 558 g/mol. The molecule has 3 aliphatic rings. The Morgan fingerprint density at radius 2 is 1.47 bits per heavy atom. The summed E-state index contributed by atoms with van der Waals surface area (Å²) in [5.74, 6) is 0.672. The van der Waals surface area contributed by atoms with E-state index < -0.39 is 0 Å². The monoisotopic (exact) mass is 557 g/mol. The van der Waals surface area contributed by atoms with E-state index in [9.17, 15) is 0 Å². The fourth-order valence-electron chi connectivity index (χ4n) is 7.95. The summed E-state index contributed by atoms with van der Waals surface area (Å²) in [5, 5.41) is 0. The summed E-state index contributed by atoms with van der Waals surface area (Å²) < 4.78 is 2.57. The van der Waals surface area contributed by atoms with Gasteiger partial charge in [-0.2, -0.15) is 0 Å². The molecule has 0 atom stereocenters. The molecule has 3 aliphatic carbocycles. The van der Waals surface area contributed by atoms with Gasteiger partial charge in [0.05, 0.1) is 0 Å². The van der Waals surface area contributed by atoms with Crippen LogP contribution in [0.2, 0.25) is 0 Å². The molecule has 1 fully saturated rings. The number of rotatable bonds is 6. The van der Waals surface area contributed by atoms with E-state index >= 15 is 0 Å². The van der Waals surface area contributed by atoms with Crippen molar-refractivity contribution in [3.05, 3.63) is 143 Å². The second-order valence-electron chi connectivity index (χ2n) is 12.7. The van der Waals surface area contributed by atoms with E-state index in [0.717, 1.165) is 32.2 Å². The summed E-state index contributed by atoms with van der Waals surface area (Å²) in [4.78, 5) is 0. The van der Waals surface area contributed by atoms with Gasteiger partial charge in [-0.3, -0.25) is 0 Å². The molecule has 0 saturated heterocycles. The fourth-order valence-corrected chi connectivity index (χ4v) is 7.95. The third-order valence-electron chi connectivity index (χ3n) is 10.3. The summed E-state index contributed by atoms with van der Waals surface area (Å²) in [7, 11) is 0. The Balaban J connectivity index is 1.26. The smallest absolute Gasteiger partial charge is 0.0403 e. The lowest BCUT2D eigenvalue weighted by Gasteiger charge is -2.30. The van der Waals surface area contributed by atoms with Gasteiger partial charge in [0.25, 0.3) is 0 Å². The van der Waals surface area contributed by atoms with Gasteiger partial charge in [0.2, 0.25) is 0 Å². The average Bonchev–Trinajstić information content (AvgIpc) is 3.34. The largest absolute Gasteiger partial charge is 0.344 e. The van der Waals surface area contributed by atoms with E-state index in [1.54, 1.807) is 0 Å². The van der Waals surface area contributed by atoms with Crippen LogP contribution >= 0.6 is 0 Å². The summed E-state index contributed by atoms with van der Waals surface area (Å²) in [6.45, 7) is 7.25. The lowest BCUT2D eigenvalue weighted by molar-refractivity contribution is 0.420. The number of fused-ring (bicyclic) bond motifs is 5. The van der Waals surface area contributed by atoms with Crippen LogP contribution in [0.3, 0.4) is 0 Å². The molecular formula is C42H39N. The van der Waals surface area contributed by atoms with Crippen molar-refractivity contribution >= 4 is 11.6 Å². The van der Waals surface area contributed by atoms with Gasteiger partial charge in [-0.25, -0.2) is 0 Å². The fraction of sp³-hybridized carbons (Fsp3) is 0.238. The molecule has 0 unspecified atom stereocenters. The van der Waals surface area contributed by atoms with E-state index in [1.807, 2.05) is 0 Å². The lowest BCUT2D eigenvalue weighted by atomic mass is 9.75. The Kier molecular flexibility index (Phi) is 6.56. The zero-order valence-corrected chi connectivity index (χ0v) is 25.2. The first-order chi connectivity index (χ1) is 21.2. The van der Waals surface area contributed by atoms with Crippen LogP contribution in [0.4, 0.5) is 0 Å². The number of nitrogens with zero attached hydrogens (tertiary/aromatic N) is 1. The van der Waals surface area contributed by atoms with Crippen LogP contribution in [0.25, 0.3) is 45.0 Å². The van der Waals surface area contributed by atoms with Gasteiger partial charge < -0.3 is 4.57 Å². The molecule has 8 rings (SSSR count). The standard InChI is InChI=1S/C42H39N/c1-3-25-43-39-23-22-32(27-38(39)42-36-18-7-5-12-30(36)21-24-40(42)43)31-15-9-16-33(26-31)37-20-10-19-35(29-13-8-14-29)41(37)34-17-6-4-11-28(34)2/h3-7,9-12,15-20,26-27,29H,1,8,13-14,21-25H2,2H3. The van der Waals surface area contributed by atoms with Crippen molar-refractivity contribution in [1.82, 2.24) is 4.57 Å². The SMILES string of the molecule is C=CCn1c2c(c3c1CCc1ccccc1-3)C=C(c1cccc(-c3cccc(C4CCC4)c3-c3ccccc3C)c1)CC2. The molecule has 1 aromatic heterocycles. The van der Waals surface area contributed by atoms with Gasteiger partial charge in [0.1, 0.15) is 0 Å². The van der Waals surface area contributed by atoms with Crippen molar-refractivity contribution in [3.8, 4) is 33.4 Å². The first kappa shape index (κ1) is 26.3. The molecule has 43 heavy (non-hydrogen) atoms. The number of aryl methyl sites for hydroxylation is 2. The molecule has 4 aromatic carbocycles. The molecule has 1 saturated carbocycles. The molecule has 1 heterocycles. The molecule has 0 amide bonds. The number of allylic oxidation sites excluding steroid dienone is 2. The molecule has 1 heteroatoms. The number of benzene rings is 4. The highest BCUT2D eigenvalue weighted by molar-refractivity contribution is 5.94. The van der Waals surface area contributed by atoms with E-state index in [1.165, 1.54) is 97.4 Å². The zero-order chi connectivity index (χ0) is 28.9. The Morgan fingerprint density at radius 3 is 2.28 bits per heavy atom. The van der Waals surface area contributed by atoms with Crippen LogP contribution in [0.5, 0.6) is 0 Å². The molecule has 0 N–H and O–H groups in total. The Labute approximate surface area is 256 Å². The maximum absolute atomic E-state index is 4.10. The number of hydrogen-bond acceptors (Lipinski definition) is 0. The highest BCUT2D eigenvalue weighted by Crippen LogP contribution is 2.47. The van der Waals surface area contributed by atoms with Crippen LogP contribution in [0.15, 0.2) is 104 Å². The van der Waals surface area contributed by atoms with Crippen molar-refractivity contribution in [3.63, 3.8) is 0 Å². The Morgan fingerprint density at radius 1 is 0.721 bits per heavy atom. The second kappa shape index (κ2) is 10.7. The second-order valence-corrected chi connectivity index (χ2v) is 12.7. The van der Waals surface area contributed by atoms with Crippen LogP contribution < -0.4 is 0 Å². The maximum Gasteiger partial charge on any atom is 0.0403 e. The molecule has 0 spiro atoms. The van der Waals surface area contributed by atoms with Crippen LogP contribution in [-0.2, 0) is 25.8 Å². The van der Waals surface area contributed by atoms with Crippen molar-refractivity contribution in [2.45, 2.75) is 64.3 Å². The number of aromatic nitrogens is 1. The maximum atomic E-state index is 4.10.